The van der Waals surface area contributed by atoms with Gasteiger partial charge < -0.3 is 42.6 Å². The maximum absolute atomic E-state index is 14.0. The molecule has 2 heterocycles. The molecule has 5 rings (SSSR count). The quantitative estimate of drug-likeness (QED) is 0.0298. The highest BCUT2D eigenvalue weighted by Crippen LogP contribution is 2.47. The maximum Gasteiger partial charge on any atom is 0.317 e. The molecule has 0 radical (unpaired) electrons. The number of carbonyl (C=O) groups is 6. The Hall–Kier alpha value is -7.28. The molecule has 2 saturated heterocycles. The van der Waals surface area contributed by atoms with Crippen molar-refractivity contribution in [3.05, 3.63) is 102 Å². The zero-order valence-electron chi connectivity index (χ0n) is 43.7. The molecule has 0 amide bonds. The molecule has 3 unspecified atom stereocenters. The molecular formula is C51H63N3O21. The molecule has 3 aromatic carbocycles. The van der Waals surface area contributed by atoms with Gasteiger partial charge in [-0.05, 0) is 117 Å². The van der Waals surface area contributed by atoms with E-state index in [-0.39, 0.29) is 90.5 Å². The van der Waals surface area contributed by atoms with Gasteiger partial charge in [-0.15, -0.1) is 0 Å². The van der Waals surface area contributed by atoms with Crippen LogP contribution in [-0.2, 0) is 52.4 Å². The fourth-order valence-electron chi connectivity index (χ4n) is 8.92. The zero-order valence-corrected chi connectivity index (χ0v) is 43.7. The van der Waals surface area contributed by atoms with Crippen LogP contribution in [0.5, 0.6) is 17.2 Å². The lowest BCUT2D eigenvalue weighted by Crippen LogP contribution is -2.45. The monoisotopic (exact) mass is 1050 g/mol. The van der Waals surface area contributed by atoms with Crippen LogP contribution in [0.25, 0.3) is 0 Å². The molecule has 0 spiro atoms. The molecule has 3 aromatic rings. The Morgan fingerprint density at radius 2 is 0.840 bits per heavy atom. The van der Waals surface area contributed by atoms with Crippen LogP contribution in [0.15, 0.2) is 54.6 Å². The normalized spacial score (nSPS) is 16.4. The van der Waals surface area contributed by atoms with E-state index in [1.54, 1.807) is 48.5 Å². The Bertz CT molecular complexity index is 2660. The van der Waals surface area contributed by atoms with Gasteiger partial charge in [0.25, 0.3) is 17.1 Å². The van der Waals surface area contributed by atoms with Gasteiger partial charge in [0, 0.05) is 18.2 Å². The van der Waals surface area contributed by atoms with Gasteiger partial charge in [0.2, 0.25) is 0 Å². The summed E-state index contributed by atoms with van der Waals surface area (Å²) in [5.74, 6) is -3.25. The average Bonchev–Trinajstić information content (AvgIpc) is 4.12. The second-order valence-corrected chi connectivity index (χ2v) is 20.0. The number of carbonyl (C=O) groups excluding carboxylic acids is 6. The predicted octanol–water partition coefficient (Wildman–Crippen LogP) is 8.83. The number of aldehydes is 1. The van der Waals surface area contributed by atoms with Crippen molar-refractivity contribution in [3.8, 4) is 17.2 Å². The zero-order chi connectivity index (χ0) is 56.3. The largest absolute Gasteiger partial charge is 0.469 e. The Morgan fingerprint density at radius 3 is 1.17 bits per heavy atom. The summed E-state index contributed by atoms with van der Waals surface area (Å²) in [6, 6.07) is 10.9. The van der Waals surface area contributed by atoms with E-state index in [4.69, 9.17) is 42.6 Å². The third-order valence-electron chi connectivity index (χ3n) is 13.1. The topological polar surface area (TPSA) is 315 Å². The summed E-state index contributed by atoms with van der Waals surface area (Å²) in [5.41, 5.74) is -7.01. The highest BCUT2D eigenvalue weighted by Gasteiger charge is 2.50. The predicted molar refractivity (Wildman–Crippen MR) is 261 cm³/mol. The third-order valence-corrected chi connectivity index (χ3v) is 13.1. The number of hydrogen-bond donors (Lipinski definition) is 0. The molecule has 0 aromatic heterocycles. The van der Waals surface area contributed by atoms with Crippen LogP contribution in [0, 0.1) is 57.4 Å². The second kappa shape index (κ2) is 24.8. The first-order valence-corrected chi connectivity index (χ1v) is 23.6. The van der Waals surface area contributed by atoms with Gasteiger partial charge in [-0.2, -0.15) is 0 Å². The van der Waals surface area contributed by atoms with Crippen LogP contribution in [0.4, 0.5) is 17.1 Å². The number of benzene rings is 3. The third kappa shape index (κ3) is 14.7. The van der Waals surface area contributed by atoms with E-state index in [0.717, 1.165) is 18.2 Å². The van der Waals surface area contributed by atoms with E-state index in [2.05, 4.69) is 0 Å². The molecule has 408 valence electrons. The molecule has 75 heavy (non-hydrogen) atoms. The molecule has 2 aliphatic rings. The van der Waals surface area contributed by atoms with Crippen molar-refractivity contribution in [2.24, 2.45) is 27.1 Å². The Balaban J connectivity index is 0.000000360. The highest BCUT2D eigenvalue weighted by atomic mass is 16.7. The SMILES string of the molecule is CCC(C)(CC(C)(C)C(=O)OC)C(=O)Oc1ccc([N+](=O)[O-])c(C2OCCO2)c1.CCC(C)(CC(C)(CC(C)(C)C(=O)OC)C(=O)Oc1ccc([N+](=O)[O-])c(C2OCCO2)c1)C(=O)Oc1ccc([N+](=O)[O-])c(C=O)c1. The van der Waals surface area contributed by atoms with E-state index in [0.29, 0.717) is 19.6 Å². The average molecular weight is 1050 g/mol. The number of hydrogen-bond acceptors (Lipinski definition) is 21. The molecule has 2 aliphatic heterocycles. The van der Waals surface area contributed by atoms with Crippen LogP contribution < -0.4 is 14.2 Å². The van der Waals surface area contributed by atoms with Crippen LogP contribution in [0.2, 0.25) is 0 Å². The van der Waals surface area contributed by atoms with E-state index >= 15 is 0 Å². The summed E-state index contributed by atoms with van der Waals surface area (Å²) < 4.78 is 48.2. The van der Waals surface area contributed by atoms with Gasteiger partial charge in [0.05, 0.1) is 99.2 Å². The fourth-order valence-corrected chi connectivity index (χ4v) is 8.92. The van der Waals surface area contributed by atoms with Gasteiger partial charge >= 0.3 is 29.8 Å². The smallest absolute Gasteiger partial charge is 0.317 e. The molecule has 0 aliphatic carbocycles. The van der Waals surface area contributed by atoms with Crippen molar-refractivity contribution in [3.63, 3.8) is 0 Å². The lowest BCUT2D eigenvalue weighted by atomic mass is 9.65. The first kappa shape index (κ1) is 60.3. The summed E-state index contributed by atoms with van der Waals surface area (Å²) in [7, 11) is 2.51. The standard InChI is InChI=1S/C31H36N2O13.C20H27NO8/c1-7-30(4,27(36)45-20-8-10-23(32(38)39)19(14-20)16-34)18-31(5,17-29(2,3)26(35)42-6)28(37)46-21-9-11-24(33(40)41)22(15-21)25-43-12-13-44-25;1-6-20(4,12-19(2,3)17(22)26-5)18(23)29-13-7-8-15(21(24)25)14(11-13)16-27-9-10-28-16/h8-11,14-16,25H,7,12-13,17-18H2,1-6H3;7-8,11,16H,6,9-10,12H2,1-5H3. The number of nitro groups is 3. The molecule has 0 N–H and O–H groups in total. The summed E-state index contributed by atoms with van der Waals surface area (Å²) in [5, 5.41) is 34.2. The first-order chi connectivity index (χ1) is 35.0. The molecule has 24 heteroatoms. The van der Waals surface area contributed by atoms with Gasteiger partial charge in [0.1, 0.15) is 17.2 Å². The van der Waals surface area contributed by atoms with Crippen molar-refractivity contribution >= 4 is 53.2 Å². The molecule has 0 bridgehead atoms. The fraction of sp³-hybridized carbons (Fsp3) is 0.529. The Morgan fingerprint density at radius 1 is 0.520 bits per heavy atom. The summed E-state index contributed by atoms with van der Waals surface area (Å²) in [6.45, 7) is 15.9. The number of methoxy groups -OCH3 is 2. The number of ether oxygens (including phenoxy) is 9. The number of nitrogens with zero attached hydrogens (tertiary/aromatic N) is 3. The van der Waals surface area contributed by atoms with Crippen LogP contribution in [-0.4, -0.2) is 91.5 Å². The summed E-state index contributed by atoms with van der Waals surface area (Å²) in [4.78, 5) is 109. The molecule has 3 atom stereocenters. The van der Waals surface area contributed by atoms with E-state index in [1.807, 2.05) is 6.92 Å². The maximum atomic E-state index is 14.0. The van der Waals surface area contributed by atoms with Gasteiger partial charge in [-0.1, -0.05) is 13.8 Å². The number of esters is 5. The molecule has 2 fully saturated rings. The minimum absolute atomic E-state index is 0.0455. The van der Waals surface area contributed by atoms with Crippen molar-refractivity contribution < 1.29 is 86.2 Å². The lowest BCUT2D eigenvalue weighted by molar-refractivity contribution is -0.386. The van der Waals surface area contributed by atoms with Crippen LogP contribution in [0.3, 0.4) is 0 Å². The number of nitro benzene ring substituents is 3. The van der Waals surface area contributed by atoms with Crippen molar-refractivity contribution in [2.75, 3.05) is 40.6 Å². The second-order valence-electron chi connectivity index (χ2n) is 20.0. The van der Waals surface area contributed by atoms with E-state index in [9.17, 15) is 59.1 Å². The Kier molecular flexibility index (Phi) is 20.0. The van der Waals surface area contributed by atoms with Gasteiger partial charge in [0.15, 0.2) is 18.9 Å². The minimum Gasteiger partial charge on any atom is -0.469 e. The number of rotatable bonds is 22. The van der Waals surface area contributed by atoms with E-state index in [1.165, 1.54) is 57.5 Å². The minimum atomic E-state index is -1.55. The van der Waals surface area contributed by atoms with Crippen LogP contribution in [0.1, 0.15) is 128 Å². The van der Waals surface area contributed by atoms with Gasteiger partial charge in [-0.25, -0.2) is 0 Å². The summed E-state index contributed by atoms with van der Waals surface area (Å²) in [6.07, 6.45) is -1.19. The van der Waals surface area contributed by atoms with Crippen molar-refractivity contribution in [2.45, 2.75) is 107 Å². The first-order valence-electron chi connectivity index (χ1n) is 23.6. The van der Waals surface area contributed by atoms with Crippen molar-refractivity contribution in [1.82, 2.24) is 0 Å². The van der Waals surface area contributed by atoms with Crippen LogP contribution >= 0.6 is 0 Å². The molecule has 0 saturated carbocycles. The highest BCUT2D eigenvalue weighted by molar-refractivity contribution is 5.86. The summed E-state index contributed by atoms with van der Waals surface area (Å²) >= 11 is 0. The lowest BCUT2D eigenvalue weighted by Gasteiger charge is -2.39. The van der Waals surface area contributed by atoms with Crippen molar-refractivity contribution in [1.29, 1.82) is 0 Å². The van der Waals surface area contributed by atoms with Gasteiger partial charge in [-0.3, -0.25) is 59.1 Å². The van der Waals surface area contributed by atoms with E-state index < -0.39 is 90.0 Å². The Labute approximate surface area is 432 Å². The molecule has 24 nitrogen and oxygen atoms in total. The molecular weight excluding hydrogens is 991 g/mol.